The molecular formula is C10H11ClFNO2. The van der Waals surface area contributed by atoms with Crippen LogP contribution < -0.4 is 5.73 Å². The third kappa shape index (κ3) is 2.91. The van der Waals surface area contributed by atoms with E-state index in [1.54, 1.807) is 0 Å². The molecule has 1 atom stereocenters. The van der Waals surface area contributed by atoms with Crippen molar-refractivity contribution in [2.24, 2.45) is 5.73 Å². The van der Waals surface area contributed by atoms with Crippen LogP contribution in [0.15, 0.2) is 18.2 Å². The van der Waals surface area contributed by atoms with Crippen LogP contribution >= 0.6 is 11.6 Å². The molecule has 0 radical (unpaired) electrons. The lowest BCUT2D eigenvalue weighted by Gasteiger charge is -2.13. The van der Waals surface area contributed by atoms with E-state index >= 15 is 0 Å². The van der Waals surface area contributed by atoms with Crippen LogP contribution in [0.3, 0.4) is 0 Å². The minimum atomic E-state index is -0.786. The molecule has 5 heteroatoms. The lowest BCUT2D eigenvalue weighted by atomic mass is 10.0. The molecule has 0 aliphatic heterocycles. The van der Waals surface area contributed by atoms with Crippen molar-refractivity contribution in [1.82, 2.24) is 0 Å². The molecule has 2 N–H and O–H groups in total. The second-order valence-electron chi connectivity index (χ2n) is 3.02. The summed E-state index contributed by atoms with van der Waals surface area (Å²) in [5.74, 6) is -1.01. The maximum atomic E-state index is 13.3. The molecule has 0 heterocycles. The second kappa shape index (κ2) is 5.09. The first-order valence-corrected chi connectivity index (χ1v) is 4.70. The van der Waals surface area contributed by atoms with Crippen LogP contribution in [0.5, 0.6) is 0 Å². The number of rotatable bonds is 3. The van der Waals surface area contributed by atoms with Gasteiger partial charge in [0.2, 0.25) is 0 Å². The Morgan fingerprint density at radius 3 is 2.87 bits per heavy atom. The van der Waals surface area contributed by atoms with Crippen molar-refractivity contribution in [3.8, 4) is 0 Å². The average Bonchev–Trinajstić information content (AvgIpc) is 2.17. The first-order valence-electron chi connectivity index (χ1n) is 4.32. The van der Waals surface area contributed by atoms with Crippen molar-refractivity contribution < 1.29 is 13.9 Å². The Balaban J connectivity index is 2.90. The first kappa shape index (κ1) is 11.9. The van der Waals surface area contributed by atoms with Gasteiger partial charge in [0, 0.05) is 16.6 Å². The van der Waals surface area contributed by atoms with Gasteiger partial charge in [0.05, 0.1) is 13.5 Å². The van der Waals surface area contributed by atoms with Gasteiger partial charge in [-0.2, -0.15) is 0 Å². The van der Waals surface area contributed by atoms with E-state index in [-0.39, 0.29) is 17.0 Å². The molecule has 0 bridgehead atoms. The summed E-state index contributed by atoms with van der Waals surface area (Å²) in [4.78, 5) is 11.0. The van der Waals surface area contributed by atoms with Crippen LogP contribution in [0.25, 0.3) is 0 Å². The van der Waals surface area contributed by atoms with E-state index in [0.29, 0.717) is 0 Å². The standard InChI is InChI=1S/C10H11ClFNO2/c1-15-9(14)5-8(13)10-6(11)3-2-4-7(10)12/h2-4,8H,5,13H2,1H3. The second-order valence-corrected chi connectivity index (χ2v) is 3.43. The lowest BCUT2D eigenvalue weighted by molar-refractivity contribution is -0.141. The molecule has 0 amide bonds. The largest absolute Gasteiger partial charge is 0.469 e. The van der Waals surface area contributed by atoms with Gasteiger partial charge < -0.3 is 10.5 Å². The molecule has 3 nitrogen and oxygen atoms in total. The van der Waals surface area contributed by atoms with Crippen LogP contribution in [0.4, 0.5) is 4.39 Å². The van der Waals surface area contributed by atoms with Crippen molar-refractivity contribution in [2.45, 2.75) is 12.5 Å². The van der Waals surface area contributed by atoms with E-state index in [9.17, 15) is 9.18 Å². The summed E-state index contributed by atoms with van der Waals surface area (Å²) in [6.45, 7) is 0. The maximum absolute atomic E-state index is 13.3. The van der Waals surface area contributed by atoms with Crippen LogP contribution in [-0.4, -0.2) is 13.1 Å². The fourth-order valence-corrected chi connectivity index (χ4v) is 1.53. The highest BCUT2D eigenvalue weighted by Gasteiger charge is 2.18. The van der Waals surface area contributed by atoms with Gasteiger partial charge in [0.15, 0.2) is 0 Å². The summed E-state index contributed by atoms with van der Waals surface area (Å²) in [5.41, 5.74) is 5.79. The van der Waals surface area contributed by atoms with Gasteiger partial charge in [-0.15, -0.1) is 0 Å². The highest BCUT2D eigenvalue weighted by atomic mass is 35.5. The Bertz CT molecular complexity index is 350. The van der Waals surface area contributed by atoms with Gasteiger partial charge in [-0.3, -0.25) is 4.79 Å². The van der Waals surface area contributed by atoms with Crippen LogP contribution in [0.2, 0.25) is 5.02 Å². The van der Waals surface area contributed by atoms with Gasteiger partial charge in [0.1, 0.15) is 5.82 Å². The molecule has 1 rings (SSSR count). The van der Waals surface area contributed by atoms with E-state index in [0.717, 1.165) is 0 Å². The molecule has 0 aliphatic carbocycles. The fourth-order valence-electron chi connectivity index (χ4n) is 1.23. The number of carbonyl (C=O) groups is 1. The summed E-state index contributed by atoms with van der Waals surface area (Å²) in [6.07, 6.45) is -0.100. The molecule has 0 saturated carbocycles. The van der Waals surface area contributed by atoms with Crippen LogP contribution in [-0.2, 0) is 9.53 Å². The number of halogens is 2. The quantitative estimate of drug-likeness (QED) is 0.810. The zero-order valence-corrected chi connectivity index (χ0v) is 8.92. The van der Waals surface area contributed by atoms with Crippen molar-refractivity contribution in [2.75, 3.05) is 7.11 Å². The van der Waals surface area contributed by atoms with Gasteiger partial charge in [-0.05, 0) is 12.1 Å². The minimum Gasteiger partial charge on any atom is -0.469 e. The number of benzene rings is 1. The number of hydrogen-bond acceptors (Lipinski definition) is 3. The summed E-state index contributed by atoms with van der Waals surface area (Å²) in [5, 5.41) is 0.214. The van der Waals surface area contributed by atoms with Gasteiger partial charge in [-0.25, -0.2) is 4.39 Å². The monoisotopic (exact) mass is 231 g/mol. The number of hydrogen-bond donors (Lipinski definition) is 1. The fraction of sp³-hybridized carbons (Fsp3) is 0.300. The van der Waals surface area contributed by atoms with Crippen molar-refractivity contribution in [1.29, 1.82) is 0 Å². The molecule has 0 fully saturated rings. The molecule has 1 unspecified atom stereocenters. The van der Waals surface area contributed by atoms with E-state index in [1.165, 1.54) is 25.3 Å². The summed E-state index contributed by atoms with van der Waals surface area (Å²) in [7, 11) is 1.25. The van der Waals surface area contributed by atoms with Gasteiger partial charge in [0.25, 0.3) is 0 Å². The molecule has 0 aromatic heterocycles. The topological polar surface area (TPSA) is 52.3 Å². The zero-order chi connectivity index (χ0) is 11.4. The summed E-state index contributed by atoms with van der Waals surface area (Å²) < 4.78 is 17.8. The molecule has 15 heavy (non-hydrogen) atoms. The predicted molar refractivity (Wildman–Crippen MR) is 55.0 cm³/mol. The van der Waals surface area contributed by atoms with Crippen molar-refractivity contribution >= 4 is 17.6 Å². The average molecular weight is 232 g/mol. The molecule has 0 spiro atoms. The maximum Gasteiger partial charge on any atom is 0.307 e. The lowest BCUT2D eigenvalue weighted by Crippen LogP contribution is -2.18. The van der Waals surface area contributed by atoms with Crippen LogP contribution in [0, 0.1) is 5.82 Å². The normalized spacial score (nSPS) is 12.3. The number of nitrogens with two attached hydrogens (primary N) is 1. The third-order valence-corrected chi connectivity index (χ3v) is 2.31. The van der Waals surface area contributed by atoms with E-state index in [2.05, 4.69) is 4.74 Å². The Kier molecular flexibility index (Phi) is 4.05. The Morgan fingerprint density at radius 1 is 1.67 bits per heavy atom. The first-order chi connectivity index (χ1) is 7.06. The Labute approximate surface area is 92.0 Å². The molecular weight excluding hydrogens is 221 g/mol. The van der Waals surface area contributed by atoms with E-state index in [4.69, 9.17) is 17.3 Å². The minimum absolute atomic E-state index is 0.100. The molecule has 1 aromatic carbocycles. The van der Waals surface area contributed by atoms with E-state index in [1.807, 2.05) is 0 Å². The van der Waals surface area contributed by atoms with Crippen molar-refractivity contribution in [3.05, 3.63) is 34.6 Å². The highest BCUT2D eigenvalue weighted by Crippen LogP contribution is 2.26. The predicted octanol–water partition coefficient (Wildman–Crippen LogP) is 2.04. The summed E-state index contributed by atoms with van der Waals surface area (Å²) in [6, 6.07) is 3.47. The van der Waals surface area contributed by atoms with E-state index < -0.39 is 17.8 Å². The van der Waals surface area contributed by atoms with Crippen LogP contribution in [0.1, 0.15) is 18.0 Å². The molecule has 1 aromatic rings. The zero-order valence-electron chi connectivity index (χ0n) is 8.17. The van der Waals surface area contributed by atoms with Gasteiger partial charge >= 0.3 is 5.97 Å². The Hall–Kier alpha value is -1.13. The highest BCUT2D eigenvalue weighted by molar-refractivity contribution is 6.31. The third-order valence-electron chi connectivity index (χ3n) is 1.98. The number of methoxy groups -OCH3 is 1. The summed E-state index contributed by atoms with van der Waals surface area (Å²) >= 11 is 5.78. The molecule has 82 valence electrons. The SMILES string of the molecule is COC(=O)CC(N)c1c(F)cccc1Cl. The smallest absolute Gasteiger partial charge is 0.307 e. The van der Waals surface area contributed by atoms with Crippen molar-refractivity contribution in [3.63, 3.8) is 0 Å². The number of esters is 1. The number of ether oxygens (including phenoxy) is 1. The molecule has 0 aliphatic rings. The van der Waals surface area contributed by atoms with Gasteiger partial charge in [-0.1, -0.05) is 17.7 Å². The molecule has 0 saturated heterocycles. The number of carbonyl (C=O) groups excluding carboxylic acids is 1. The Morgan fingerprint density at radius 2 is 2.33 bits per heavy atom.